The number of imidazole rings is 2. The summed E-state index contributed by atoms with van der Waals surface area (Å²) < 4.78 is 4.01. The van der Waals surface area contributed by atoms with E-state index in [-0.39, 0.29) is 0 Å². The topological polar surface area (TPSA) is 60.4 Å². The van der Waals surface area contributed by atoms with Crippen molar-refractivity contribution in [2.45, 2.75) is 73.6 Å². The van der Waals surface area contributed by atoms with Crippen molar-refractivity contribution in [1.82, 2.24) is 29.2 Å². The SMILES string of the molecule is CCc1cc(C)nn2c(-c3c(C)nc4c(C(CC)CC)cc(C)nn34)c(C)nc12. The number of hydrogen-bond acceptors (Lipinski definition) is 4. The Balaban J connectivity index is 2.09. The van der Waals surface area contributed by atoms with Gasteiger partial charge in [-0.1, -0.05) is 20.8 Å². The number of hydrogen-bond donors (Lipinski definition) is 0. The van der Waals surface area contributed by atoms with Gasteiger partial charge in [0.1, 0.15) is 11.4 Å². The van der Waals surface area contributed by atoms with Crippen LogP contribution in [0.15, 0.2) is 12.1 Å². The third-order valence-electron chi connectivity index (χ3n) is 5.90. The molecule has 0 radical (unpaired) electrons. The van der Waals surface area contributed by atoms with Crippen LogP contribution in [-0.2, 0) is 6.42 Å². The van der Waals surface area contributed by atoms with Crippen molar-refractivity contribution in [1.29, 1.82) is 0 Å². The zero-order valence-corrected chi connectivity index (χ0v) is 18.5. The van der Waals surface area contributed by atoms with Gasteiger partial charge in [0.2, 0.25) is 0 Å². The first kappa shape index (κ1) is 19.6. The largest absolute Gasteiger partial charge is 0.231 e. The average molecular weight is 391 g/mol. The van der Waals surface area contributed by atoms with E-state index >= 15 is 0 Å². The molecule has 0 aliphatic rings. The number of nitrogens with zero attached hydrogens (tertiary/aromatic N) is 6. The molecule has 4 rings (SSSR count). The molecule has 6 heteroatoms. The number of fused-ring (bicyclic) bond motifs is 2. The maximum absolute atomic E-state index is 4.97. The molecule has 0 spiro atoms. The van der Waals surface area contributed by atoms with Gasteiger partial charge >= 0.3 is 0 Å². The molecule has 0 bridgehead atoms. The highest BCUT2D eigenvalue weighted by atomic mass is 15.3. The van der Waals surface area contributed by atoms with Crippen LogP contribution in [0.25, 0.3) is 22.7 Å². The van der Waals surface area contributed by atoms with Crippen LogP contribution in [0.4, 0.5) is 0 Å². The quantitative estimate of drug-likeness (QED) is 0.473. The second kappa shape index (κ2) is 7.25. The van der Waals surface area contributed by atoms with Crippen LogP contribution in [0.2, 0.25) is 0 Å². The molecule has 0 unspecified atom stereocenters. The predicted molar refractivity (Wildman–Crippen MR) is 117 cm³/mol. The van der Waals surface area contributed by atoms with E-state index in [0.717, 1.165) is 64.7 Å². The van der Waals surface area contributed by atoms with Crippen LogP contribution in [0.1, 0.15) is 73.4 Å². The second-order valence-corrected chi connectivity index (χ2v) is 7.98. The minimum atomic E-state index is 0.476. The van der Waals surface area contributed by atoms with E-state index in [0.29, 0.717) is 5.92 Å². The lowest BCUT2D eigenvalue weighted by Gasteiger charge is -2.14. The van der Waals surface area contributed by atoms with Crippen LogP contribution >= 0.6 is 0 Å². The number of rotatable bonds is 5. The molecule has 4 aromatic rings. The summed E-state index contributed by atoms with van der Waals surface area (Å²) >= 11 is 0. The summed E-state index contributed by atoms with van der Waals surface area (Å²) in [6.07, 6.45) is 3.10. The van der Waals surface area contributed by atoms with E-state index in [2.05, 4.69) is 53.7 Å². The Hall–Kier alpha value is -2.76. The van der Waals surface area contributed by atoms with Crippen molar-refractivity contribution in [3.8, 4) is 11.4 Å². The molecule has 152 valence electrons. The van der Waals surface area contributed by atoms with E-state index in [9.17, 15) is 0 Å². The molecule has 0 aliphatic carbocycles. The molecule has 0 N–H and O–H groups in total. The monoisotopic (exact) mass is 390 g/mol. The van der Waals surface area contributed by atoms with Crippen LogP contribution < -0.4 is 0 Å². The fraction of sp³-hybridized carbons (Fsp3) is 0.478. The van der Waals surface area contributed by atoms with Crippen molar-refractivity contribution < 1.29 is 0 Å². The molecule has 0 saturated carbocycles. The van der Waals surface area contributed by atoms with Crippen LogP contribution in [0, 0.1) is 27.7 Å². The van der Waals surface area contributed by atoms with E-state index in [1.165, 1.54) is 11.1 Å². The van der Waals surface area contributed by atoms with Gasteiger partial charge in [0, 0.05) is 5.56 Å². The van der Waals surface area contributed by atoms with Gasteiger partial charge in [-0.25, -0.2) is 19.0 Å². The van der Waals surface area contributed by atoms with Crippen LogP contribution in [0.3, 0.4) is 0 Å². The molecule has 0 saturated heterocycles. The summed E-state index contributed by atoms with van der Waals surface area (Å²) in [4.78, 5) is 9.84. The molecule has 0 aliphatic heterocycles. The molecule has 29 heavy (non-hydrogen) atoms. The van der Waals surface area contributed by atoms with Gasteiger partial charge in [0.25, 0.3) is 0 Å². The Morgan fingerprint density at radius 3 is 1.83 bits per heavy atom. The van der Waals surface area contributed by atoms with Gasteiger partial charge in [-0.05, 0) is 70.6 Å². The summed E-state index contributed by atoms with van der Waals surface area (Å²) in [7, 11) is 0. The lowest BCUT2D eigenvalue weighted by atomic mass is 9.95. The standard InChI is InChI=1S/C23H30N6/c1-8-17(9-2)19-12-14(5)27-29-21(16(7)25-23(19)29)20-15(6)24-22-18(10-3)11-13(4)26-28(20)22/h11-12,17H,8-10H2,1-7H3. The lowest BCUT2D eigenvalue weighted by molar-refractivity contribution is 0.638. The van der Waals surface area contributed by atoms with Gasteiger partial charge < -0.3 is 0 Å². The molecular formula is C23H30N6. The maximum Gasteiger partial charge on any atom is 0.158 e. The Bertz CT molecular complexity index is 1210. The highest BCUT2D eigenvalue weighted by Gasteiger charge is 2.24. The maximum atomic E-state index is 4.97. The minimum absolute atomic E-state index is 0.476. The Morgan fingerprint density at radius 1 is 0.759 bits per heavy atom. The normalized spacial score (nSPS) is 12.0. The Labute approximate surface area is 172 Å². The molecule has 4 heterocycles. The number of aromatic nitrogens is 6. The van der Waals surface area contributed by atoms with E-state index in [4.69, 9.17) is 20.2 Å². The van der Waals surface area contributed by atoms with E-state index < -0.39 is 0 Å². The second-order valence-electron chi connectivity index (χ2n) is 7.98. The zero-order chi connectivity index (χ0) is 20.9. The predicted octanol–water partition coefficient (Wildman–Crippen LogP) is 5.14. The number of aryl methyl sites for hydroxylation is 5. The lowest BCUT2D eigenvalue weighted by Crippen LogP contribution is -2.07. The Morgan fingerprint density at radius 2 is 1.28 bits per heavy atom. The smallest absolute Gasteiger partial charge is 0.158 e. The van der Waals surface area contributed by atoms with Gasteiger partial charge in [-0.15, -0.1) is 0 Å². The molecule has 0 aromatic carbocycles. The fourth-order valence-electron chi connectivity index (χ4n) is 4.44. The third kappa shape index (κ3) is 3.02. The van der Waals surface area contributed by atoms with Gasteiger partial charge in [-0.3, -0.25) is 0 Å². The van der Waals surface area contributed by atoms with Crippen molar-refractivity contribution in [3.05, 3.63) is 46.0 Å². The highest BCUT2D eigenvalue weighted by molar-refractivity contribution is 5.71. The van der Waals surface area contributed by atoms with Gasteiger partial charge in [-0.2, -0.15) is 10.2 Å². The third-order valence-corrected chi connectivity index (χ3v) is 5.90. The average Bonchev–Trinajstić information content (AvgIpc) is 3.17. The van der Waals surface area contributed by atoms with Crippen molar-refractivity contribution in [3.63, 3.8) is 0 Å². The van der Waals surface area contributed by atoms with Crippen molar-refractivity contribution in [2.24, 2.45) is 0 Å². The van der Waals surface area contributed by atoms with Gasteiger partial charge in [0.15, 0.2) is 11.3 Å². The molecule has 0 fully saturated rings. The molecule has 0 amide bonds. The minimum Gasteiger partial charge on any atom is -0.231 e. The first-order chi connectivity index (χ1) is 13.9. The Kier molecular flexibility index (Phi) is 4.89. The first-order valence-electron chi connectivity index (χ1n) is 10.6. The van der Waals surface area contributed by atoms with E-state index in [1.54, 1.807) is 0 Å². The fourth-order valence-corrected chi connectivity index (χ4v) is 4.44. The van der Waals surface area contributed by atoms with E-state index in [1.807, 2.05) is 16.0 Å². The summed E-state index contributed by atoms with van der Waals surface area (Å²) in [6, 6.07) is 4.32. The summed E-state index contributed by atoms with van der Waals surface area (Å²) in [5.41, 5.74) is 10.2. The molecule has 6 nitrogen and oxygen atoms in total. The molecule has 0 atom stereocenters. The van der Waals surface area contributed by atoms with Gasteiger partial charge in [0.05, 0.1) is 22.8 Å². The first-order valence-corrected chi connectivity index (χ1v) is 10.6. The molecular weight excluding hydrogens is 360 g/mol. The summed E-state index contributed by atoms with van der Waals surface area (Å²) in [6.45, 7) is 14.8. The van der Waals surface area contributed by atoms with Crippen LogP contribution in [-0.4, -0.2) is 29.2 Å². The van der Waals surface area contributed by atoms with Crippen LogP contribution in [0.5, 0.6) is 0 Å². The summed E-state index contributed by atoms with van der Waals surface area (Å²) in [5.74, 6) is 0.476. The highest BCUT2D eigenvalue weighted by Crippen LogP contribution is 2.33. The van der Waals surface area contributed by atoms with Crippen molar-refractivity contribution in [2.75, 3.05) is 0 Å². The summed E-state index contributed by atoms with van der Waals surface area (Å²) in [5, 5.41) is 9.67. The van der Waals surface area contributed by atoms with Crippen molar-refractivity contribution >= 4 is 11.3 Å². The zero-order valence-electron chi connectivity index (χ0n) is 18.5. The molecule has 4 aromatic heterocycles.